The maximum Gasteiger partial charge on any atom is 0.338 e. The fraction of sp³-hybridized carbons (Fsp3) is 0.792. The van der Waals surface area contributed by atoms with Gasteiger partial charge in [0.2, 0.25) is 5.79 Å². The third kappa shape index (κ3) is 12.7. The molecule has 6 fully saturated rings. The average molecular weight is 975 g/mol. The van der Waals surface area contributed by atoms with Crippen LogP contribution in [0, 0.1) is 17.8 Å². The number of hydrogen-bond donors (Lipinski definition) is 6. The summed E-state index contributed by atoms with van der Waals surface area (Å²) in [6, 6.07) is 0. The van der Waals surface area contributed by atoms with E-state index in [1.54, 1.807) is 6.08 Å². The van der Waals surface area contributed by atoms with Gasteiger partial charge in [-0.2, -0.15) is 0 Å². The van der Waals surface area contributed by atoms with Gasteiger partial charge in [0.1, 0.15) is 37.1 Å². The zero-order valence-electron chi connectivity index (χ0n) is 41.6. The Balaban J connectivity index is 0.887. The molecule has 3 spiro atoms. The van der Waals surface area contributed by atoms with Gasteiger partial charge in [0.15, 0.2) is 17.2 Å². The van der Waals surface area contributed by atoms with E-state index in [9.17, 15) is 30.3 Å². The average Bonchev–Trinajstić information content (AvgIpc) is 3.71. The molecule has 0 aromatic carbocycles. The molecule has 0 unspecified atom stereocenters. The quantitative estimate of drug-likeness (QED) is 0.0378. The molecule has 6 N–H and O–H groups in total. The van der Waals surface area contributed by atoms with E-state index in [2.05, 4.69) is 44.5 Å². The fourth-order valence-corrected chi connectivity index (χ4v) is 11.8. The highest BCUT2D eigenvalue weighted by atomic mass is 17.1. The predicted octanol–water partition coefficient (Wildman–Crippen LogP) is 6.42. The fourth-order valence-electron chi connectivity index (χ4n) is 11.8. The molecule has 390 valence electrons. The Morgan fingerprint density at radius 3 is 2.48 bits per heavy atom. The minimum Gasteiger partial charge on any atom is -0.459 e. The smallest absolute Gasteiger partial charge is 0.338 e. The van der Waals surface area contributed by atoms with Crippen molar-refractivity contribution >= 4 is 5.97 Å². The Hall–Kier alpha value is -2.39. The molecule has 16 nitrogen and oxygen atoms in total. The third-order valence-corrected chi connectivity index (χ3v) is 15.8. The SMILES string of the molecule is C=C(COC(=O)[C@](C)(O)C[C@@H]1CC[C@@H](O)[C@]2(C=C(C)C[C@@H]([C@H](C)/C=C/[C@H]3CC[C@@]4(CC[C@H]5O[C@H]([C@@H](O)C[C@H](C)[C@H]6O[C@@]7(CCCCO7)CC[C@H]6C)C(=C)[C@@H](O)[C@@H]5O4)O3)O2)O1)CC(=C)[C@H](CCO)OO. The van der Waals surface area contributed by atoms with Gasteiger partial charge in [0, 0.05) is 51.0 Å². The molecule has 0 aromatic rings. The number of aliphatic hydroxyl groups excluding tert-OH is 4. The summed E-state index contributed by atoms with van der Waals surface area (Å²) in [6.07, 6.45) is 8.41. The molecular weight excluding hydrogens is 893 g/mol. The summed E-state index contributed by atoms with van der Waals surface area (Å²) in [5.41, 5.74) is 0.360. The largest absolute Gasteiger partial charge is 0.459 e. The Kier molecular flexibility index (Phi) is 18.0. The van der Waals surface area contributed by atoms with Crippen molar-refractivity contribution in [2.45, 2.75) is 227 Å². The highest BCUT2D eigenvalue weighted by molar-refractivity contribution is 5.78. The van der Waals surface area contributed by atoms with Crippen molar-refractivity contribution in [1.29, 1.82) is 0 Å². The number of carbonyl (C=O) groups is 1. The Bertz CT molecular complexity index is 1860. The van der Waals surface area contributed by atoms with Crippen molar-refractivity contribution in [3.8, 4) is 0 Å². The highest BCUT2D eigenvalue weighted by Crippen LogP contribution is 2.48. The molecule has 6 saturated heterocycles. The molecule has 0 radical (unpaired) electrons. The molecular formula is C53H82O16. The van der Waals surface area contributed by atoms with Crippen LogP contribution >= 0.6 is 0 Å². The minimum atomic E-state index is -1.93. The van der Waals surface area contributed by atoms with Crippen LogP contribution in [0.5, 0.6) is 0 Å². The molecule has 0 bridgehead atoms. The molecule has 0 aromatic heterocycles. The normalized spacial score (nSPS) is 39.9. The first kappa shape index (κ1) is 54.4. The second kappa shape index (κ2) is 22.8. The van der Waals surface area contributed by atoms with Crippen molar-refractivity contribution in [3.63, 3.8) is 0 Å². The summed E-state index contributed by atoms with van der Waals surface area (Å²) >= 11 is 0. The Labute approximate surface area is 408 Å². The standard InChI is InChI=1S/C53H82O16/c1-31-26-43(66-53(28-31)44(56)14-13-39(65-53)29-50(8,59)49(58)61-30-32(2)25-35(5)41(69-60)18-23-54)33(3)11-12-38-16-21-52(64-38)22-17-42-48(68-52)45(57)37(7)47(63-42)40(55)27-36(6)46-34(4)15-20-51(67-46)19-9-10-24-62-51/h11-12,28,33-34,36,38-48,54-57,59-60H,2,5,7,9-10,13-27,29-30H2,1,3-4,6,8H3/b12-11+/t33-,34-,36+,38+,39+,40+,41+,42-,43+,44-,45-,46+,47+,48-,50-,51+,52-,53-/m1/s1. The van der Waals surface area contributed by atoms with E-state index in [-0.39, 0.29) is 62.6 Å². The summed E-state index contributed by atoms with van der Waals surface area (Å²) < 4.78 is 51.1. The molecule has 18 atom stereocenters. The summed E-state index contributed by atoms with van der Waals surface area (Å²) in [5, 5.41) is 64.2. The van der Waals surface area contributed by atoms with Gasteiger partial charge in [-0.25, -0.2) is 9.68 Å². The molecule has 0 aliphatic carbocycles. The molecule has 0 saturated carbocycles. The predicted molar refractivity (Wildman–Crippen MR) is 253 cm³/mol. The van der Waals surface area contributed by atoms with Gasteiger partial charge in [-0.3, -0.25) is 5.26 Å². The van der Waals surface area contributed by atoms with Gasteiger partial charge in [-0.15, -0.1) is 0 Å². The highest BCUT2D eigenvalue weighted by Gasteiger charge is 2.55. The van der Waals surface area contributed by atoms with Gasteiger partial charge in [-0.05, 0) is 113 Å². The van der Waals surface area contributed by atoms with Crippen molar-refractivity contribution in [2.75, 3.05) is 19.8 Å². The molecule has 0 amide bonds. The number of carbonyl (C=O) groups excluding carboxylic acids is 1. The van der Waals surface area contributed by atoms with Crippen molar-refractivity contribution in [1.82, 2.24) is 0 Å². The minimum absolute atomic E-state index is 0.0360. The van der Waals surface area contributed by atoms with Gasteiger partial charge in [0.05, 0.1) is 43.2 Å². The van der Waals surface area contributed by atoms with Crippen LogP contribution in [0.4, 0.5) is 0 Å². The Morgan fingerprint density at radius 1 is 1.00 bits per heavy atom. The van der Waals surface area contributed by atoms with Crippen LogP contribution in [0.1, 0.15) is 137 Å². The van der Waals surface area contributed by atoms with Gasteiger partial charge in [-0.1, -0.05) is 58.2 Å². The van der Waals surface area contributed by atoms with E-state index in [0.29, 0.717) is 74.0 Å². The van der Waals surface area contributed by atoms with E-state index in [1.807, 2.05) is 19.9 Å². The number of fused-ring (bicyclic) bond motifs is 1. The summed E-state index contributed by atoms with van der Waals surface area (Å²) in [5.74, 6) is -3.52. The molecule has 7 aliphatic heterocycles. The number of hydrogen-bond acceptors (Lipinski definition) is 16. The van der Waals surface area contributed by atoms with Crippen LogP contribution in [-0.2, 0) is 47.6 Å². The molecule has 7 aliphatic rings. The molecule has 7 rings (SSSR count). The topological polar surface area (TPSA) is 222 Å². The zero-order valence-corrected chi connectivity index (χ0v) is 41.6. The van der Waals surface area contributed by atoms with Crippen molar-refractivity contribution in [2.24, 2.45) is 17.8 Å². The molecule has 16 heteroatoms. The maximum absolute atomic E-state index is 13.1. The second-order valence-corrected chi connectivity index (χ2v) is 21.8. The van der Waals surface area contributed by atoms with Crippen LogP contribution in [0.15, 0.2) is 60.3 Å². The Morgan fingerprint density at radius 2 is 1.75 bits per heavy atom. The number of rotatable bonds is 18. The van der Waals surface area contributed by atoms with Crippen LogP contribution in [0.3, 0.4) is 0 Å². The number of esters is 1. The summed E-state index contributed by atoms with van der Waals surface area (Å²) in [7, 11) is 0. The summed E-state index contributed by atoms with van der Waals surface area (Å²) in [6.45, 7) is 22.0. The van der Waals surface area contributed by atoms with Gasteiger partial charge < -0.3 is 63.4 Å². The van der Waals surface area contributed by atoms with Gasteiger partial charge in [0.25, 0.3) is 0 Å². The lowest BCUT2D eigenvalue weighted by molar-refractivity contribution is -0.321. The van der Waals surface area contributed by atoms with Crippen LogP contribution in [-0.4, -0.2) is 147 Å². The van der Waals surface area contributed by atoms with E-state index >= 15 is 0 Å². The lowest BCUT2D eigenvalue weighted by Gasteiger charge is -2.50. The zero-order chi connectivity index (χ0) is 49.9. The lowest BCUT2D eigenvalue weighted by atomic mass is 9.79. The second-order valence-electron chi connectivity index (χ2n) is 21.8. The lowest BCUT2D eigenvalue weighted by Crippen LogP contribution is -2.60. The monoisotopic (exact) mass is 975 g/mol. The first-order chi connectivity index (χ1) is 32.7. The third-order valence-electron chi connectivity index (χ3n) is 15.8. The van der Waals surface area contributed by atoms with Crippen molar-refractivity contribution < 1.29 is 78.4 Å². The van der Waals surface area contributed by atoms with Crippen LogP contribution < -0.4 is 0 Å². The molecule has 69 heavy (non-hydrogen) atoms. The van der Waals surface area contributed by atoms with E-state index in [4.69, 9.17) is 43.2 Å². The van der Waals surface area contributed by atoms with Crippen molar-refractivity contribution in [3.05, 3.63) is 60.3 Å². The summed E-state index contributed by atoms with van der Waals surface area (Å²) in [4.78, 5) is 17.5. The van der Waals surface area contributed by atoms with Crippen LogP contribution in [0.2, 0.25) is 0 Å². The van der Waals surface area contributed by atoms with Crippen LogP contribution in [0.25, 0.3) is 0 Å². The van der Waals surface area contributed by atoms with E-state index in [0.717, 1.165) is 44.3 Å². The van der Waals surface area contributed by atoms with E-state index in [1.165, 1.54) is 6.92 Å². The first-order valence-corrected chi connectivity index (χ1v) is 25.6. The molecule has 7 heterocycles. The van der Waals surface area contributed by atoms with E-state index < -0.39 is 77.8 Å². The number of ether oxygens (including phenoxy) is 8. The maximum atomic E-state index is 13.1. The van der Waals surface area contributed by atoms with Gasteiger partial charge >= 0.3 is 5.97 Å². The first-order valence-electron chi connectivity index (χ1n) is 25.6. The number of aliphatic hydroxyl groups is 5.